The number of amides is 1. The first-order valence-electron chi connectivity index (χ1n) is 9.85. The zero-order chi connectivity index (χ0) is 20.4. The predicted octanol–water partition coefficient (Wildman–Crippen LogP) is 2.67. The van der Waals surface area contributed by atoms with Crippen LogP contribution < -0.4 is 4.90 Å². The Morgan fingerprint density at radius 1 is 1.07 bits per heavy atom. The fourth-order valence-corrected chi connectivity index (χ4v) is 3.61. The van der Waals surface area contributed by atoms with Crippen molar-refractivity contribution >= 4 is 22.6 Å². The fourth-order valence-electron chi connectivity index (χ4n) is 3.61. The van der Waals surface area contributed by atoms with E-state index in [0.29, 0.717) is 44.0 Å². The molecule has 1 aromatic heterocycles. The van der Waals surface area contributed by atoms with Crippen molar-refractivity contribution in [2.24, 2.45) is 0 Å². The average Bonchev–Trinajstić information content (AvgIpc) is 2.77. The van der Waals surface area contributed by atoms with Gasteiger partial charge in [-0.15, -0.1) is 0 Å². The van der Waals surface area contributed by atoms with Crippen LogP contribution in [0.15, 0.2) is 48.5 Å². The van der Waals surface area contributed by atoms with Gasteiger partial charge in [-0.3, -0.25) is 4.79 Å². The summed E-state index contributed by atoms with van der Waals surface area (Å²) in [6.07, 6.45) is -0.520. The van der Waals surface area contributed by atoms with Crippen molar-refractivity contribution in [3.05, 3.63) is 48.5 Å². The third-order valence-corrected chi connectivity index (χ3v) is 5.29. The van der Waals surface area contributed by atoms with E-state index in [1.165, 1.54) is 0 Å². The Bertz CT molecular complexity index is 1040. The first-order valence-corrected chi connectivity index (χ1v) is 9.85. The van der Waals surface area contributed by atoms with Gasteiger partial charge < -0.3 is 20.0 Å². The number of rotatable bonds is 4. The summed E-state index contributed by atoms with van der Waals surface area (Å²) in [7, 11) is 0. The topological polar surface area (TPSA) is 89.8 Å². The number of hydrogen-bond donors (Lipinski definition) is 2. The van der Waals surface area contributed by atoms with Crippen LogP contribution in [0, 0.1) is 0 Å². The summed E-state index contributed by atoms with van der Waals surface area (Å²) >= 11 is 0. The summed E-state index contributed by atoms with van der Waals surface area (Å²) in [5, 5.41) is 21.0. The minimum absolute atomic E-state index is 0. The average molecular weight is 394 g/mol. The van der Waals surface area contributed by atoms with E-state index in [0.717, 1.165) is 16.7 Å². The first kappa shape index (κ1) is 19.1. The number of hydrogen-bond acceptors (Lipinski definition) is 6. The molecular weight excluding hydrogens is 368 g/mol. The van der Waals surface area contributed by atoms with E-state index in [4.69, 9.17) is 4.98 Å². The number of benzene rings is 2. The van der Waals surface area contributed by atoms with Crippen molar-refractivity contribution < 1.29 is 16.4 Å². The molecule has 0 radical (unpaired) electrons. The van der Waals surface area contributed by atoms with E-state index in [-0.39, 0.29) is 13.1 Å². The number of carbonyl (C=O) groups excluding carboxylic acids is 1. The standard InChI is InChI=1S/C22H24N4O3.H2/c1-2-18(27)22(29)26-13-11-25(12-14-26)21-15-7-3-5-9-17(15)23-20(24-21)16-8-4-6-10-19(16)28;/h3-10,18,27-28H,2,11-14H2,1H3;1H/t18-;/m1./s1. The van der Waals surface area contributed by atoms with Gasteiger partial charge in [0.1, 0.15) is 17.7 Å². The fraction of sp³-hybridized carbons (Fsp3) is 0.318. The van der Waals surface area contributed by atoms with Gasteiger partial charge in [-0.05, 0) is 30.7 Å². The summed E-state index contributed by atoms with van der Waals surface area (Å²) < 4.78 is 0. The molecule has 4 rings (SSSR count). The predicted molar refractivity (Wildman–Crippen MR) is 114 cm³/mol. The first-order chi connectivity index (χ1) is 14.1. The number of aromatic hydroxyl groups is 1. The molecule has 7 heteroatoms. The van der Waals surface area contributed by atoms with Crippen molar-refractivity contribution in [1.29, 1.82) is 0 Å². The minimum atomic E-state index is -0.936. The summed E-state index contributed by atoms with van der Waals surface area (Å²) in [5.41, 5.74) is 1.38. The molecule has 1 aliphatic heterocycles. The number of anilines is 1. The van der Waals surface area contributed by atoms with Crippen molar-refractivity contribution in [3.63, 3.8) is 0 Å². The van der Waals surface area contributed by atoms with Gasteiger partial charge in [-0.25, -0.2) is 9.97 Å². The highest BCUT2D eigenvalue weighted by molar-refractivity contribution is 5.91. The Kier molecular flexibility index (Phi) is 5.31. The molecule has 1 atom stereocenters. The molecule has 1 aliphatic rings. The number of aromatic nitrogens is 2. The molecule has 1 fully saturated rings. The molecule has 152 valence electrons. The van der Waals surface area contributed by atoms with Crippen molar-refractivity contribution in [2.45, 2.75) is 19.4 Å². The summed E-state index contributed by atoms with van der Waals surface area (Å²) in [5.74, 6) is 1.18. The SMILES string of the molecule is CC[C@@H](O)C(=O)N1CCN(c2nc(-c3ccccc3O)nc3ccccc23)CC1.[HH]. The Labute approximate surface area is 170 Å². The van der Waals surface area contributed by atoms with Crippen LogP contribution in [0.5, 0.6) is 5.75 Å². The molecule has 2 aromatic carbocycles. The number of carbonyl (C=O) groups is 1. The van der Waals surface area contributed by atoms with Crippen LogP contribution in [0.25, 0.3) is 22.3 Å². The number of nitrogens with zero attached hydrogens (tertiary/aromatic N) is 4. The van der Waals surface area contributed by atoms with Gasteiger partial charge in [0.05, 0.1) is 11.1 Å². The molecule has 1 saturated heterocycles. The van der Waals surface area contributed by atoms with Crippen molar-refractivity contribution in [3.8, 4) is 17.1 Å². The molecule has 1 amide bonds. The van der Waals surface area contributed by atoms with Gasteiger partial charge in [-0.2, -0.15) is 0 Å². The second-order valence-electron chi connectivity index (χ2n) is 7.14. The lowest BCUT2D eigenvalue weighted by molar-refractivity contribution is -0.140. The van der Waals surface area contributed by atoms with Gasteiger partial charge in [0.25, 0.3) is 5.91 Å². The highest BCUT2D eigenvalue weighted by atomic mass is 16.3. The van der Waals surface area contributed by atoms with Gasteiger partial charge >= 0.3 is 0 Å². The lowest BCUT2D eigenvalue weighted by atomic mass is 10.1. The van der Waals surface area contributed by atoms with Crippen LogP contribution in [0.1, 0.15) is 14.8 Å². The molecule has 0 saturated carbocycles. The summed E-state index contributed by atoms with van der Waals surface area (Å²) in [4.78, 5) is 25.5. The van der Waals surface area contributed by atoms with E-state index in [1.807, 2.05) is 30.3 Å². The van der Waals surface area contributed by atoms with Crippen LogP contribution in [0.4, 0.5) is 5.82 Å². The van der Waals surface area contributed by atoms with Gasteiger partial charge in [0, 0.05) is 33.0 Å². The van der Waals surface area contributed by atoms with E-state index >= 15 is 0 Å². The van der Waals surface area contributed by atoms with E-state index in [1.54, 1.807) is 30.0 Å². The monoisotopic (exact) mass is 394 g/mol. The lowest BCUT2D eigenvalue weighted by Gasteiger charge is -2.36. The number of piperazine rings is 1. The smallest absolute Gasteiger partial charge is 0.251 e. The Morgan fingerprint density at radius 2 is 1.76 bits per heavy atom. The lowest BCUT2D eigenvalue weighted by Crippen LogP contribution is -2.51. The third kappa shape index (κ3) is 3.73. The molecule has 7 nitrogen and oxygen atoms in total. The molecule has 2 heterocycles. The summed E-state index contributed by atoms with van der Waals surface area (Å²) in [6, 6.07) is 14.8. The maximum atomic E-state index is 12.3. The molecule has 0 aliphatic carbocycles. The Morgan fingerprint density at radius 3 is 2.48 bits per heavy atom. The zero-order valence-electron chi connectivity index (χ0n) is 16.3. The van der Waals surface area contributed by atoms with E-state index < -0.39 is 6.10 Å². The second kappa shape index (κ2) is 8.05. The van der Waals surface area contributed by atoms with Crippen LogP contribution in [0.2, 0.25) is 0 Å². The summed E-state index contributed by atoms with van der Waals surface area (Å²) in [6.45, 7) is 4.08. The van der Waals surface area contributed by atoms with Gasteiger partial charge in [-0.1, -0.05) is 31.2 Å². The van der Waals surface area contributed by atoms with Crippen LogP contribution >= 0.6 is 0 Å². The molecule has 0 spiro atoms. The van der Waals surface area contributed by atoms with Crippen LogP contribution in [-0.2, 0) is 4.79 Å². The van der Waals surface area contributed by atoms with Gasteiger partial charge in [0.15, 0.2) is 5.82 Å². The van der Waals surface area contributed by atoms with Crippen LogP contribution in [0.3, 0.4) is 0 Å². The maximum Gasteiger partial charge on any atom is 0.251 e. The zero-order valence-corrected chi connectivity index (χ0v) is 16.3. The molecule has 0 unspecified atom stereocenters. The largest absolute Gasteiger partial charge is 0.507 e. The number of phenols is 1. The molecule has 3 aromatic rings. The number of aliphatic hydroxyl groups excluding tert-OH is 1. The van der Waals surface area contributed by atoms with Gasteiger partial charge in [0.2, 0.25) is 0 Å². The highest BCUT2D eigenvalue weighted by Gasteiger charge is 2.27. The number of para-hydroxylation sites is 2. The molecule has 0 bridgehead atoms. The molecule has 29 heavy (non-hydrogen) atoms. The highest BCUT2D eigenvalue weighted by Crippen LogP contribution is 2.31. The normalized spacial score (nSPS) is 15.5. The minimum Gasteiger partial charge on any atom is -0.507 e. The number of phenolic OH excluding ortho intramolecular Hbond substituents is 1. The Hall–Kier alpha value is -3.19. The van der Waals surface area contributed by atoms with Crippen LogP contribution in [-0.4, -0.2) is 63.3 Å². The van der Waals surface area contributed by atoms with E-state index in [9.17, 15) is 15.0 Å². The third-order valence-electron chi connectivity index (χ3n) is 5.29. The molecular formula is C22H26N4O3. The van der Waals surface area contributed by atoms with E-state index in [2.05, 4.69) is 9.88 Å². The quantitative estimate of drug-likeness (QED) is 0.707. The molecule has 2 N–H and O–H groups in total. The number of fused-ring (bicyclic) bond motifs is 1. The second-order valence-corrected chi connectivity index (χ2v) is 7.14. The van der Waals surface area contributed by atoms with Crippen molar-refractivity contribution in [2.75, 3.05) is 31.1 Å². The number of aliphatic hydroxyl groups is 1. The van der Waals surface area contributed by atoms with Crippen molar-refractivity contribution in [1.82, 2.24) is 14.9 Å². The maximum absolute atomic E-state index is 12.3. The Balaban J connectivity index is 0.00000256.